The number of ether oxygens (including phenoxy) is 1. The number of aromatic nitrogens is 2. The molecule has 102 valence electrons. The predicted octanol–water partition coefficient (Wildman–Crippen LogP) is 1.13. The number of carbonyl (C=O) groups excluding carboxylic acids is 1. The average molecular weight is 254 g/mol. The van der Waals surface area contributed by atoms with E-state index in [2.05, 4.69) is 10.4 Å². The number of amides is 1. The van der Waals surface area contributed by atoms with Crippen LogP contribution >= 0.6 is 0 Å². The fourth-order valence-corrected chi connectivity index (χ4v) is 1.36. The molecule has 0 aliphatic heterocycles. The zero-order valence-electron chi connectivity index (χ0n) is 11.2. The first-order valence-corrected chi connectivity index (χ1v) is 6.07. The Labute approximate surface area is 107 Å². The fourth-order valence-electron chi connectivity index (χ4n) is 1.36. The molecule has 18 heavy (non-hydrogen) atoms. The highest BCUT2D eigenvalue weighted by Gasteiger charge is 2.16. The normalized spacial score (nSPS) is 13.1. The molecule has 0 aliphatic rings. The number of carbonyl (C=O) groups is 1. The standard InChI is InChI=1S/C12H22N4O2/c1-12(2,3)18-11(17)14-9-10(13)5-8-16-7-4-6-15-16/h4,6-7,10H,5,8-9,13H2,1-3H3,(H,14,17). The van der Waals surface area contributed by atoms with Crippen molar-refractivity contribution in [1.29, 1.82) is 0 Å². The number of nitrogens with one attached hydrogen (secondary N) is 1. The summed E-state index contributed by atoms with van der Waals surface area (Å²) in [6.07, 6.45) is 3.92. The van der Waals surface area contributed by atoms with Crippen LogP contribution in [0.5, 0.6) is 0 Å². The molecular formula is C12H22N4O2. The zero-order chi connectivity index (χ0) is 13.6. The third-order valence-electron chi connectivity index (χ3n) is 2.20. The monoisotopic (exact) mass is 254 g/mol. The Morgan fingerprint density at radius 3 is 2.83 bits per heavy atom. The Morgan fingerprint density at radius 2 is 2.28 bits per heavy atom. The topological polar surface area (TPSA) is 82.2 Å². The van der Waals surface area contributed by atoms with Crippen molar-refractivity contribution in [1.82, 2.24) is 15.1 Å². The second-order valence-corrected chi connectivity index (χ2v) is 5.20. The summed E-state index contributed by atoms with van der Waals surface area (Å²) in [6, 6.07) is 1.76. The predicted molar refractivity (Wildman–Crippen MR) is 69.1 cm³/mol. The van der Waals surface area contributed by atoms with Gasteiger partial charge in [0.15, 0.2) is 0 Å². The van der Waals surface area contributed by atoms with Gasteiger partial charge in [0.1, 0.15) is 5.60 Å². The molecule has 3 N–H and O–H groups in total. The van der Waals surface area contributed by atoms with E-state index < -0.39 is 11.7 Å². The molecule has 1 amide bonds. The van der Waals surface area contributed by atoms with Crippen LogP contribution in [-0.2, 0) is 11.3 Å². The second-order valence-electron chi connectivity index (χ2n) is 5.20. The van der Waals surface area contributed by atoms with Crippen molar-refractivity contribution in [3.8, 4) is 0 Å². The minimum atomic E-state index is -0.483. The molecule has 1 heterocycles. The molecular weight excluding hydrogens is 232 g/mol. The van der Waals surface area contributed by atoms with Crippen LogP contribution in [0.2, 0.25) is 0 Å². The van der Waals surface area contributed by atoms with E-state index in [1.165, 1.54) is 0 Å². The number of hydrogen-bond acceptors (Lipinski definition) is 4. The molecule has 0 radical (unpaired) electrons. The maximum atomic E-state index is 11.4. The number of rotatable bonds is 5. The summed E-state index contributed by atoms with van der Waals surface area (Å²) in [4.78, 5) is 11.4. The Balaban J connectivity index is 2.17. The SMILES string of the molecule is CC(C)(C)OC(=O)NCC(N)CCn1cccn1. The molecule has 6 heteroatoms. The van der Waals surface area contributed by atoms with Crippen molar-refractivity contribution in [3.63, 3.8) is 0 Å². The first kappa shape index (κ1) is 14.5. The molecule has 6 nitrogen and oxygen atoms in total. The summed E-state index contributed by atoms with van der Waals surface area (Å²) < 4.78 is 6.93. The highest BCUT2D eigenvalue weighted by Crippen LogP contribution is 2.06. The van der Waals surface area contributed by atoms with Gasteiger partial charge in [-0.15, -0.1) is 0 Å². The Hall–Kier alpha value is -1.56. The van der Waals surface area contributed by atoms with E-state index in [1.54, 1.807) is 6.20 Å². The van der Waals surface area contributed by atoms with Crippen molar-refractivity contribution in [3.05, 3.63) is 18.5 Å². The lowest BCUT2D eigenvalue weighted by atomic mass is 10.2. The summed E-state index contributed by atoms with van der Waals surface area (Å²) in [5, 5.41) is 6.73. The van der Waals surface area contributed by atoms with Gasteiger partial charge in [-0.3, -0.25) is 4.68 Å². The smallest absolute Gasteiger partial charge is 0.407 e. The van der Waals surface area contributed by atoms with Crippen LogP contribution in [0.4, 0.5) is 4.79 Å². The van der Waals surface area contributed by atoms with E-state index in [0.29, 0.717) is 6.54 Å². The van der Waals surface area contributed by atoms with Gasteiger partial charge in [-0.25, -0.2) is 4.79 Å². The molecule has 1 aromatic rings. The molecule has 1 unspecified atom stereocenters. The average Bonchev–Trinajstić information content (AvgIpc) is 2.74. The quantitative estimate of drug-likeness (QED) is 0.825. The minimum absolute atomic E-state index is 0.110. The van der Waals surface area contributed by atoms with Crippen molar-refractivity contribution in [2.75, 3.05) is 6.54 Å². The van der Waals surface area contributed by atoms with Crippen molar-refractivity contribution < 1.29 is 9.53 Å². The minimum Gasteiger partial charge on any atom is -0.444 e. The lowest BCUT2D eigenvalue weighted by Crippen LogP contribution is -2.40. The second kappa shape index (κ2) is 6.39. The summed E-state index contributed by atoms with van der Waals surface area (Å²) in [5.41, 5.74) is 5.41. The first-order chi connectivity index (χ1) is 8.37. The first-order valence-electron chi connectivity index (χ1n) is 6.07. The number of aryl methyl sites for hydroxylation is 1. The van der Waals surface area contributed by atoms with Crippen LogP contribution in [0.1, 0.15) is 27.2 Å². The van der Waals surface area contributed by atoms with Gasteiger partial charge in [0.05, 0.1) is 0 Å². The molecule has 0 saturated heterocycles. The Kier molecular flexibility index (Phi) is 5.15. The fraction of sp³-hybridized carbons (Fsp3) is 0.667. The molecule has 0 bridgehead atoms. The van der Waals surface area contributed by atoms with Gasteiger partial charge in [-0.2, -0.15) is 5.10 Å². The number of alkyl carbamates (subject to hydrolysis) is 1. The Morgan fingerprint density at radius 1 is 1.56 bits per heavy atom. The number of nitrogens with zero attached hydrogens (tertiary/aromatic N) is 2. The lowest BCUT2D eigenvalue weighted by molar-refractivity contribution is 0.0524. The lowest BCUT2D eigenvalue weighted by Gasteiger charge is -2.20. The van der Waals surface area contributed by atoms with Crippen molar-refractivity contribution in [2.45, 2.75) is 45.4 Å². The summed E-state index contributed by atoms with van der Waals surface area (Å²) in [6.45, 7) is 6.61. The third kappa shape index (κ3) is 6.24. The zero-order valence-corrected chi connectivity index (χ0v) is 11.2. The maximum absolute atomic E-state index is 11.4. The van der Waals surface area contributed by atoms with Gasteiger partial charge in [0.2, 0.25) is 0 Å². The van der Waals surface area contributed by atoms with Crippen LogP contribution < -0.4 is 11.1 Å². The molecule has 0 fully saturated rings. The van der Waals surface area contributed by atoms with Crippen LogP contribution in [0, 0.1) is 0 Å². The molecule has 1 rings (SSSR count). The Bertz CT molecular complexity index is 357. The van der Waals surface area contributed by atoms with Crippen LogP contribution in [0.3, 0.4) is 0 Å². The van der Waals surface area contributed by atoms with E-state index in [-0.39, 0.29) is 6.04 Å². The number of nitrogens with two attached hydrogens (primary N) is 1. The van der Waals surface area contributed by atoms with Gasteiger partial charge in [0, 0.05) is 31.5 Å². The summed E-state index contributed by atoms with van der Waals surface area (Å²) in [7, 11) is 0. The van der Waals surface area contributed by atoms with Gasteiger partial charge in [0.25, 0.3) is 0 Å². The van der Waals surface area contributed by atoms with E-state index in [0.717, 1.165) is 13.0 Å². The highest BCUT2D eigenvalue weighted by molar-refractivity contribution is 5.67. The highest BCUT2D eigenvalue weighted by atomic mass is 16.6. The van der Waals surface area contributed by atoms with E-state index in [9.17, 15) is 4.79 Å². The van der Waals surface area contributed by atoms with E-state index in [4.69, 9.17) is 10.5 Å². The van der Waals surface area contributed by atoms with Gasteiger partial charge in [-0.05, 0) is 33.3 Å². The van der Waals surface area contributed by atoms with E-state index >= 15 is 0 Å². The molecule has 0 saturated carbocycles. The molecule has 0 aliphatic carbocycles. The van der Waals surface area contributed by atoms with Gasteiger partial charge in [-0.1, -0.05) is 0 Å². The largest absolute Gasteiger partial charge is 0.444 e. The number of hydrogen-bond donors (Lipinski definition) is 2. The van der Waals surface area contributed by atoms with Crippen molar-refractivity contribution in [2.24, 2.45) is 5.73 Å². The molecule has 1 aromatic heterocycles. The molecule has 0 spiro atoms. The van der Waals surface area contributed by atoms with Crippen LogP contribution in [-0.4, -0.2) is 34.1 Å². The van der Waals surface area contributed by atoms with Crippen LogP contribution in [0.15, 0.2) is 18.5 Å². The van der Waals surface area contributed by atoms with E-state index in [1.807, 2.05) is 37.7 Å². The maximum Gasteiger partial charge on any atom is 0.407 e. The molecule has 1 atom stereocenters. The van der Waals surface area contributed by atoms with Gasteiger partial charge < -0.3 is 15.8 Å². The summed E-state index contributed by atoms with van der Waals surface area (Å²) in [5.74, 6) is 0. The molecule has 0 aromatic carbocycles. The van der Waals surface area contributed by atoms with Gasteiger partial charge >= 0.3 is 6.09 Å². The third-order valence-corrected chi connectivity index (χ3v) is 2.20. The van der Waals surface area contributed by atoms with Crippen LogP contribution in [0.25, 0.3) is 0 Å². The summed E-state index contributed by atoms with van der Waals surface area (Å²) >= 11 is 0. The van der Waals surface area contributed by atoms with Crippen molar-refractivity contribution >= 4 is 6.09 Å².